The Kier molecular flexibility index (Phi) is 2.63. The summed E-state index contributed by atoms with van der Waals surface area (Å²) in [6.07, 6.45) is 4.33. The van der Waals surface area contributed by atoms with Gasteiger partial charge in [0.15, 0.2) is 0 Å². The second-order valence-electron chi connectivity index (χ2n) is 2.55. The number of epoxide rings is 1. The highest BCUT2D eigenvalue weighted by Gasteiger charge is 2.60. The molecule has 0 amide bonds. The number of methoxy groups -OCH3 is 1. The summed E-state index contributed by atoms with van der Waals surface area (Å²) in [5.74, 6) is -0.497. The summed E-state index contributed by atoms with van der Waals surface area (Å²) in [4.78, 5) is 21.2. The van der Waals surface area contributed by atoms with Gasteiger partial charge in [0.1, 0.15) is 12.4 Å². The quantitative estimate of drug-likeness (QED) is 0.205. The Bertz CT molecular complexity index is 269. The highest BCUT2D eigenvalue weighted by molar-refractivity contribution is 5.86. The molecule has 0 aliphatic carbocycles. The Balaban J connectivity index is 2.68. The zero-order valence-electron chi connectivity index (χ0n) is 7.23. The van der Waals surface area contributed by atoms with Crippen LogP contribution in [-0.4, -0.2) is 31.1 Å². The van der Waals surface area contributed by atoms with Crippen molar-refractivity contribution in [2.45, 2.75) is 11.7 Å². The van der Waals surface area contributed by atoms with Crippen molar-refractivity contribution in [3.8, 4) is 0 Å². The maximum atomic E-state index is 11.2. The Morgan fingerprint density at radius 2 is 2.38 bits per heavy atom. The molecule has 0 aromatic carbocycles. The first-order valence-electron chi connectivity index (χ1n) is 3.73. The third-order valence-corrected chi connectivity index (χ3v) is 1.86. The van der Waals surface area contributed by atoms with Crippen molar-refractivity contribution in [2.24, 2.45) is 0 Å². The number of hydrogen-bond acceptors (Lipinski definition) is 4. The van der Waals surface area contributed by atoms with Crippen molar-refractivity contribution in [3.63, 3.8) is 0 Å². The number of carbonyl (C=O) groups is 2. The summed E-state index contributed by atoms with van der Waals surface area (Å²) in [5.41, 5.74) is -1.08. The van der Waals surface area contributed by atoms with E-state index >= 15 is 0 Å². The molecule has 1 rings (SSSR count). The minimum atomic E-state index is -1.08. The van der Waals surface area contributed by atoms with Crippen LogP contribution in [0.3, 0.4) is 0 Å². The van der Waals surface area contributed by atoms with Gasteiger partial charge in [0.2, 0.25) is 5.60 Å². The van der Waals surface area contributed by atoms with Crippen LogP contribution in [0.5, 0.6) is 0 Å². The van der Waals surface area contributed by atoms with Crippen molar-refractivity contribution in [1.29, 1.82) is 0 Å². The topological polar surface area (TPSA) is 55.9 Å². The lowest BCUT2D eigenvalue weighted by atomic mass is 10.1. The van der Waals surface area contributed by atoms with Crippen LogP contribution in [-0.2, 0) is 19.1 Å². The molecule has 0 bridgehead atoms. The summed E-state index contributed by atoms with van der Waals surface area (Å²) in [6.45, 7) is 3.47. The number of carbonyl (C=O) groups excluding carboxylic acids is 2. The third kappa shape index (κ3) is 1.53. The average Bonchev–Trinajstić information content (AvgIpc) is 2.88. The van der Waals surface area contributed by atoms with E-state index in [4.69, 9.17) is 4.74 Å². The van der Waals surface area contributed by atoms with Crippen LogP contribution in [0.15, 0.2) is 24.8 Å². The van der Waals surface area contributed by atoms with Crippen LogP contribution in [0, 0.1) is 0 Å². The first-order chi connectivity index (χ1) is 6.21. The van der Waals surface area contributed by atoms with Crippen LogP contribution in [0.2, 0.25) is 0 Å². The third-order valence-electron chi connectivity index (χ3n) is 1.86. The monoisotopic (exact) mass is 182 g/mol. The first-order valence-corrected chi connectivity index (χ1v) is 3.73. The van der Waals surface area contributed by atoms with Crippen LogP contribution < -0.4 is 0 Å². The maximum absolute atomic E-state index is 11.2. The van der Waals surface area contributed by atoms with E-state index in [0.29, 0.717) is 6.29 Å². The van der Waals surface area contributed by atoms with Crippen molar-refractivity contribution in [3.05, 3.63) is 24.8 Å². The van der Waals surface area contributed by atoms with Crippen molar-refractivity contribution >= 4 is 12.3 Å². The molecular weight excluding hydrogens is 172 g/mol. The molecule has 0 spiro atoms. The molecule has 0 N–H and O–H groups in total. The lowest BCUT2D eigenvalue weighted by molar-refractivity contribution is -0.144. The van der Waals surface area contributed by atoms with Crippen molar-refractivity contribution in [1.82, 2.24) is 0 Å². The SMILES string of the molecule is C=C[C@@]1(C(=O)OC)O[C@H]1/C=C\C=O. The molecule has 2 atom stereocenters. The smallest absolute Gasteiger partial charge is 0.345 e. The minimum absolute atomic E-state index is 0.428. The fraction of sp³-hybridized carbons (Fsp3) is 0.333. The van der Waals surface area contributed by atoms with E-state index in [9.17, 15) is 9.59 Å². The Morgan fingerprint density at radius 3 is 2.85 bits per heavy atom. The van der Waals surface area contributed by atoms with E-state index in [1.165, 1.54) is 25.3 Å². The van der Waals surface area contributed by atoms with Crippen LogP contribution >= 0.6 is 0 Å². The molecule has 4 heteroatoms. The number of hydrogen-bond donors (Lipinski definition) is 0. The average molecular weight is 182 g/mol. The number of aldehydes is 1. The van der Waals surface area contributed by atoms with Gasteiger partial charge in [-0.25, -0.2) is 4.79 Å². The van der Waals surface area contributed by atoms with Gasteiger partial charge in [0.05, 0.1) is 7.11 Å². The molecule has 1 aliphatic heterocycles. The number of allylic oxidation sites excluding steroid dienone is 1. The lowest BCUT2D eigenvalue weighted by Crippen LogP contribution is -2.25. The zero-order valence-corrected chi connectivity index (χ0v) is 7.23. The number of esters is 1. The predicted octanol–water partition coefficient (Wildman–Crippen LogP) is 0.238. The van der Waals surface area contributed by atoms with Gasteiger partial charge in [0.25, 0.3) is 0 Å². The van der Waals surface area contributed by atoms with Gasteiger partial charge in [-0.05, 0) is 18.2 Å². The highest BCUT2D eigenvalue weighted by atomic mass is 16.7. The molecule has 1 saturated heterocycles. The Morgan fingerprint density at radius 1 is 1.69 bits per heavy atom. The summed E-state index contributed by atoms with van der Waals surface area (Å²) >= 11 is 0. The minimum Gasteiger partial charge on any atom is -0.467 e. The normalized spacial score (nSPS) is 31.3. The van der Waals surface area contributed by atoms with Crippen LogP contribution in [0.25, 0.3) is 0 Å². The van der Waals surface area contributed by atoms with E-state index in [1.807, 2.05) is 0 Å². The molecule has 70 valence electrons. The maximum Gasteiger partial charge on any atom is 0.345 e. The Labute approximate surface area is 75.8 Å². The second-order valence-corrected chi connectivity index (χ2v) is 2.55. The van der Waals surface area contributed by atoms with E-state index in [-0.39, 0.29) is 0 Å². The summed E-state index contributed by atoms with van der Waals surface area (Å²) in [6, 6.07) is 0. The fourth-order valence-electron chi connectivity index (χ4n) is 1.08. The van der Waals surface area contributed by atoms with Gasteiger partial charge in [0, 0.05) is 0 Å². The molecule has 13 heavy (non-hydrogen) atoms. The molecule has 1 fully saturated rings. The summed E-state index contributed by atoms with van der Waals surface area (Å²) < 4.78 is 9.59. The molecule has 4 nitrogen and oxygen atoms in total. The highest BCUT2D eigenvalue weighted by Crippen LogP contribution is 2.39. The predicted molar refractivity (Wildman–Crippen MR) is 45.0 cm³/mol. The number of ether oxygens (including phenoxy) is 2. The zero-order chi connectivity index (χ0) is 9.90. The van der Waals surface area contributed by atoms with Gasteiger partial charge in [-0.1, -0.05) is 6.58 Å². The molecule has 0 radical (unpaired) electrons. The van der Waals surface area contributed by atoms with Crippen LogP contribution in [0.4, 0.5) is 0 Å². The van der Waals surface area contributed by atoms with Gasteiger partial charge < -0.3 is 9.47 Å². The molecule has 0 aromatic rings. The molecular formula is C9H10O4. The molecule has 1 aliphatic rings. The standard InChI is InChI=1S/C9H10O4/c1-3-9(8(11)12-2)7(13-9)5-4-6-10/h3-7H,1H2,2H3/b5-4-/t7-,9+/m0/s1. The van der Waals surface area contributed by atoms with Gasteiger partial charge in [-0.2, -0.15) is 0 Å². The summed E-state index contributed by atoms with van der Waals surface area (Å²) in [7, 11) is 1.27. The molecule has 1 heterocycles. The first kappa shape index (κ1) is 9.67. The largest absolute Gasteiger partial charge is 0.467 e. The van der Waals surface area contributed by atoms with E-state index in [2.05, 4.69) is 11.3 Å². The van der Waals surface area contributed by atoms with Gasteiger partial charge in [-0.15, -0.1) is 0 Å². The van der Waals surface area contributed by atoms with Crippen molar-refractivity contribution < 1.29 is 19.1 Å². The molecule has 0 unspecified atom stereocenters. The van der Waals surface area contributed by atoms with Gasteiger partial charge >= 0.3 is 5.97 Å². The fourth-order valence-corrected chi connectivity index (χ4v) is 1.08. The van der Waals surface area contributed by atoms with Crippen LogP contribution in [0.1, 0.15) is 0 Å². The summed E-state index contributed by atoms with van der Waals surface area (Å²) in [5, 5.41) is 0. The second kappa shape index (κ2) is 3.53. The van der Waals surface area contributed by atoms with E-state index < -0.39 is 17.7 Å². The van der Waals surface area contributed by atoms with Crippen molar-refractivity contribution in [2.75, 3.05) is 7.11 Å². The lowest BCUT2D eigenvalue weighted by Gasteiger charge is -2.02. The molecule has 0 aromatic heterocycles. The Hall–Kier alpha value is -1.42. The van der Waals surface area contributed by atoms with E-state index in [0.717, 1.165) is 0 Å². The molecule has 0 saturated carbocycles. The van der Waals surface area contributed by atoms with Gasteiger partial charge in [-0.3, -0.25) is 4.79 Å². The number of rotatable bonds is 4. The van der Waals surface area contributed by atoms with E-state index in [1.54, 1.807) is 0 Å².